The zero-order valence-corrected chi connectivity index (χ0v) is 15.7. The number of aromatic nitrogens is 2. The van der Waals surface area contributed by atoms with Crippen LogP contribution in [0.4, 0.5) is 10.5 Å². The van der Waals surface area contributed by atoms with Gasteiger partial charge < -0.3 is 25.8 Å². The van der Waals surface area contributed by atoms with Crippen molar-refractivity contribution in [3.05, 3.63) is 59.4 Å². The van der Waals surface area contributed by atoms with E-state index in [-0.39, 0.29) is 11.7 Å². The monoisotopic (exact) mass is 393 g/mol. The quantitative estimate of drug-likeness (QED) is 0.465. The highest BCUT2D eigenvalue weighted by Gasteiger charge is 2.31. The van der Waals surface area contributed by atoms with E-state index in [1.165, 1.54) is 13.2 Å². The third-order valence-corrected chi connectivity index (χ3v) is 4.75. The lowest BCUT2D eigenvalue weighted by molar-refractivity contribution is -0.113. The van der Waals surface area contributed by atoms with E-state index in [1.807, 2.05) is 6.07 Å². The van der Waals surface area contributed by atoms with Crippen LogP contribution < -0.4 is 20.7 Å². The molecule has 0 aliphatic carbocycles. The van der Waals surface area contributed by atoms with Gasteiger partial charge >= 0.3 is 6.03 Å². The van der Waals surface area contributed by atoms with E-state index in [2.05, 4.69) is 26.1 Å². The fraction of sp³-hybridized carbons (Fsp3) is 0.150. The molecule has 2 aromatic carbocycles. The molecule has 1 aromatic heterocycles. The first kappa shape index (κ1) is 18.4. The number of carbonyl (C=O) groups is 2. The number of methoxy groups -OCH3 is 1. The number of aromatic amines is 1. The van der Waals surface area contributed by atoms with Crippen molar-refractivity contribution in [2.24, 2.45) is 0 Å². The molecule has 5 N–H and O–H groups in total. The van der Waals surface area contributed by atoms with Crippen LogP contribution in [0.15, 0.2) is 53.9 Å². The average molecular weight is 393 g/mol. The molecule has 9 heteroatoms. The Labute approximate surface area is 165 Å². The normalized spacial score (nSPS) is 16.3. The Bertz CT molecular complexity index is 1150. The lowest BCUT2D eigenvalue weighted by atomic mass is 9.94. The summed E-state index contributed by atoms with van der Waals surface area (Å²) < 4.78 is 5.06. The van der Waals surface area contributed by atoms with Crippen molar-refractivity contribution in [3.8, 4) is 11.5 Å². The van der Waals surface area contributed by atoms with Crippen molar-refractivity contribution in [1.29, 1.82) is 0 Å². The number of H-pyrrole nitrogens is 1. The van der Waals surface area contributed by atoms with Gasteiger partial charge in [0.05, 0.1) is 30.4 Å². The topological polar surface area (TPSA) is 128 Å². The summed E-state index contributed by atoms with van der Waals surface area (Å²) in [5.74, 6) is -0.159. The van der Waals surface area contributed by atoms with Crippen molar-refractivity contribution in [2.45, 2.75) is 13.0 Å². The van der Waals surface area contributed by atoms with Gasteiger partial charge in [-0.3, -0.25) is 9.89 Å². The molecule has 0 radical (unpaired) electrons. The highest BCUT2D eigenvalue weighted by atomic mass is 16.5. The minimum absolute atomic E-state index is 0.0828. The van der Waals surface area contributed by atoms with Crippen LogP contribution in [-0.4, -0.2) is 34.4 Å². The predicted molar refractivity (Wildman–Crippen MR) is 106 cm³/mol. The SMILES string of the molecule is COc1ccc(C2NC(=O)NC(C)=C2C(=O)Nc2ccc3[nH]ncc3c2)cc1O. The first-order valence-corrected chi connectivity index (χ1v) is 8.86. The number of carbonyl (C=O) groups excluding carboxylic acids is 2. The van der Waals surface area contributed by atoms with E-state index in [0.29, 0.717) is 28.3 Å². The average Bonchev–Trinajstić information content (AvgIpc) is 3.15. The minimum Gasteiger partial charge on any atom is -0.504 e. The van der Waals surface area contributed by atoms with Crippen LogP contribution >= 0.6 is 0 Å². The number of nitrogens with zero attached hydrogens (tertiary/aromatic N) is 1. The molecule has 1 aliphatic heterocycles. The van der Waals surface area contributed by atoms with Crippen molar-refractivity contribution in [3.63, 3.8) is 0 Å². The summed E-state index contributed by atoms with van der Waals surface area (Å²) in [5.41, 5.74) is 2.76. The lowest BCUT2D eigenvalue weighted by Crippen LogP contribution is -2.45. The molecule has 4 rings (SSSR count). The van der Waals surface area contributed by atoms with Gasteiger partial charge in [-0.15, -0.1) is 0 Å². The number of rotatable bonds is 4. The molecule has 1 atom stereocenters. The molecule has 0 saturated heterocycles. The first-order chi connectivity index (χ1) is 14.0. The van der Waals surface area contributed by atoms with Gasteiger partial charge in [0.1, 0.15) is 0 Å². The number of hydrogen-bond donors (Lipinski definition) is 5. The van der Waals surface area contributed by atoms with Crippen molar-refractivity contribution in [1.82, 2.24) is 20.8 Å². The predicted octanol–water partition coefficient (Wildman–Crippen LogP) is 2.54. The fourth-order valence-electron chi connectivity index (χ4n) is 3.35. The Morgan fingerprint density at radius 3 is 2.83 bits per heavy atom. The molecule has 0 spiro atoms. The number of phenols is 1. The third kappa shape index (κ3) is 3.45. The van der Waals surface area contributed by atoms with Gasteiger partial charge in [0.25, 0.3) is 5.91 Å². The molecule has 0 fully saturated rings. The standard InChI is InChI=1S/C20H19N5O4/c1-10-17(19(27)23-13-4-5-14-12(7-13)9-21-25-14)18(24-20(28)22-10)11-3-6-16(29-2)15(26)8-11/h3-9,18,26H,1-2H3,(H,21,25)(H,23,27)(H2,22,24,28). The summed E-state index contributed by atoms with van der Waals surface area (Å²) in [4.78, 5) is 25.1. The molecule has 1 aliphatic rings. The number of anilines is 1. The minimum atomic E-state index is -0.738. The van der Waals surface area contributed by atoms with Crippen LogP contribution in [0.25, 0.3) is 10.9 Å². The van der Waals surface area contributed by atoms with Gasteiger partial charge in [-0.1, -0.05) is 6.07 Å². The van der Waals surface area contributed by atoms with Gasteiger partial charge in [0.15, 0.2) is 11.5 Å². The number of fused-ring (bicyclic) bond motifs is 1. The lowest BCUT2D eigenvalue weighted by Gasteiger charge is -2.29. The maximum absolute atomic E-state index is 13.1. The zero-order chi connectivity index (χ0) is 20.5. The van der Waals surface area contributed by atoms with Crippen molar-refractivity contribution in [2.75, 3.05) is 12.4 Å². The van der Waals surface area contributed by atoms with Crippen molar-refractivity contribution < 1.29 is 19.4 Å². The van der Waals surface area contributed by atoms with Crippen LogP contribution in [0.3, 0.4) is 0 Å². The summed E-state index contributed by atoms with van der Waals surface area (Å²) in [7, 11) is 1.45. The van der Waals surface area contributed by atoms with Crippen LogP contribution in [0.5, 0.6) is 11.5 Å². The van der Waals surface area contributed by atoms with E-state index in [1.54, 1.807) is 37.4 Å². The Balaban J connectivity index is 1.67. The van der Waals surface area contributed by atoms with E-state index in [0.717, 1.165) is 10.9 Å². The van der Waals surface area contributed by atoms with Gasteiger partial charge in [0.2, 0.25) is 0 Å². The fourth-order valence-corrected chi connectivity index (χ4v) is 3.35. The summed E-state index contributed by atoms with van der Waals surface area (Å²) in [6, 6.07) is 8.94. The number of benzene rings is 2. The number of allylic oxidation sites excluding steroid dienone is 1. The molecule has 3 aromatic rings. The summed E-state index contributed by atoms with van der Waals surface area (Å²) in [6.07, 6.45) is 1.67. The largest absolute Gasteiger partial charge is 0.504 e. The molecule has 0 saturated carbocycles. The van der Waals surface area contributed by atoms with Crippen LogP contribution in [-0.2, 0) is 4.79 Å². The number of phenolic OH excluding ortho intramolecular Hbond substituents is 1. The molecule has 0 bridgehead atoms. The Kier molecular flexibility index (Phi) is 4.55. The Morgan fingerprint density at radius 2 is 2.07 bits per heavy atom. The Morgan fingerprint density at radius 1 is 1.24 bits per heavy atom. The molecule has 148 valence electrons. The second-order valence-electron chi connectivity index (χ2n) is 6.63. The molecule has 1 unspecified atom stereocenters. The maximum atomic E-state index is 13.1. The number of amides is 3. The maximum Gasteiger partial charge on any atom is 0.319 e. The molecular weight excluding hydrogens is 374 g/mol. The summed E-state index contributed by atoms with van der Waals surface area (Å²) in [6.45, 7) is 1.66. The number of nitrogens with one attached hydrogen (secondary N) is 4. The highest BCUT2D eigenvalue weighted by molar-refractivity contribution is 6.07. The number of hydrogen-bond acceptors (Lipinski definition) is 5. The third-order valence-electron chi connectivity index (χ3n) is 4.75. The molecule has 3 amide bonds. The molecule has 9 nitrogen and oxygen atoms in total. The molecule has 29 heavy (non-hydrogen) atoms. The van der Waals surface area contributed by atoms with Gasteiger partial charge in [-0.25, -0.2) is 4.79 Å². The zero-order valence-electron chi connectivity index (χ0n) is 15.7. The Hall–Kier alpha value is -4.01. The molecule has 2 heterocycles. The van der Waals surface area contributed by atoms with Gasteiger partial charge in [0, 0.05) is 16.8 Å². The number of aromatic hydroxyl groups is 1. The smallest absolute Gasteiger partial charge is 0.319 e. The van der Waals surface area contributed by atoms with Crippen LogP contribution in [0.1, 0.15) is 18.5 Å². The number of ether oxygens (including phenoxy) is 1. The van der Waals surface area contributed by atoms with E-state index >= 15 is 0 Å². The van der Waals surface area contributed by atoms with Crippen LogP contribution in [0.2, 0.25) is 0 Å². The van der Waals surface area contributed by atoms with Crippen molar-refractivity contribution >= 4 is 28.5 Å². The highest BCUT2D eigenvalue weighted by Crippen LogP contribution is 2.33. The summed E-state index contributed by atoms with van der Waals surface area (Å²) >= 11 is 0. The first-order valence-electron chi connectivity index (χ1n) is 8.86. The second kappa shape index (κ2) is 7.19. The second-order valence-corrected chi connectivity index (χ2v) is 6.63. The molecular formula is C20H19N5O4. The van der Waals surface area contributed by atoms with E-state index in [9.17, 15) is 14.7 Å². The summed E-state index contributed by atoms with van der Waals surface area (Å²) in [5, 5.41) is 26.0. The van der Waals surface area contributed by atoms with E-state index in [4.69, 9.17) is 4.74 Å². The number of urea groups is 1. The van der Waals surface area contributed by atoms with E-state index < -0.39 is 12.1 Å². The van der Waals surface area contributed by atoms with Crippen LogP contribution in [0, 0.1) is 0 Å². The van der Waals surface area contributed by atoms with Gasteiger partial charge in [-0.05, 0) is 42.8 Å². The van der Waals surface area contributed by atoms with Gasteiger partial charge in [-0.2, -0.15) is 5.10 Å².